The number of fused-ring (bicyclic) bond motifs is 7. The summed E-state index contributed by atoms with van der Waals surface area (Å²) in [7, 11) is 5.91. The van der Waals surface area contributed by atoms with Crippen molar-refractivity contribution in [3.05, 3.63) is 105 Å². The number of rotatable bonds is 15. The largest absolute Gasteiger partial charge is 0.493 e. The monoisotopic (exact) mass is 1440 g/mol. The molecule has 0 bridgehead atoms. The van der Waals surface area contributed by atoms with Crippen molar-refractivity contribution in [3.63, 3.8) is 0 Å². The lowest BCUT2D eigenvalue weighted by Crippen LogP contribution is -2.44. The van der Waals surface area contributed by atoms with Gasteiger partial charge in [-0.2, -0.15) is 15.0 Å². The number of carbonyl (C=O) groups excluding carboxylic acids is 4. The van der Waals surface area contributed by atoms with Gasteiger partial charge < -0.3 is 75.0 Å². The summed E-state index contributed by atoms with van der Waals surface area (Å²) in [6, 6.07) is 11.8. The second kappa shape index (κ2) is 30.1. The number of methoxy groups -OCH3 is 1. The molecule has 6 aliphatic rings. The fourth-order valence-electron chi connectivity index (χ4n) is 12.9. The second-order valence-electron chi connectivity index (χ2n) is 24.8. The Morgan fingerprint density at radius 2 is 0.892 bits per heavy atom. The zero-order valence-electron chi connectivity index (χ0n) is 59.3. The van der Waals surface area contributed by atoms with Crippen molar-refractivity contribution in [1.82, 2.24) is 64.6 Å². The van der Waals surface area contributed by atoms with E-state index < -0.39 is 0 Å². The highest BCUT2D eigenvalue weighted by Crippen LogP contribution is 2.46. The average Bonchev–Trinajstić information content (AvgIpc) is 1.62. The predicted octanol–water partition coefficient (Wildman–Crippen LogP) is 10.6. The van der Waals surface area contributed by atoms with Crippen LogP contribution in [0.1, 0.15) is 100 Å². The van der Waals surface area contributed by atoms with E-state index in [0.717, 1.165) is 111 Å². The Bertz CT molecular complexity index is 4610. The van der Waals surface area contributed by atoms with Crippen LogP contribution < -0.4 is 65.2 Å². The Morgan fingerprint density at radius 3 is 1.32 bits per heavy atom. The summed E-state index contributed by atoms with van der Waals surface area (Å²) in [5.41, 5.74) is 8.29. The summed E-state index contributed by atoms with van der Waals surface area (Å²) in [5.74, 6) is 4.73. The first kappa shape index (κ1) is 70.1. The molecule has 0 unspecified atom stereocenters. The van der Waals surface area contributed by atoms with Crippen LogP contribution in [0.5, 0.6) is 5.75 Å². The van der Waals surface area contributed by atoms with Gasteiger partial charge in [-0.3, -0.25) is 19.2 Å². The summed E-state index contributed by atoms with van der Waals surface area (Å²) in [6.45, 7) is 29.1. The molecule has 4 N–H and O–H groups in total. The number of likely N-dealkylation sites (N-methyl/N-ethyl adjacent to an activating group) is 2. The Hall–Kier alpha value is -10.4. The molecule has 0 atom stereocenters. The number of amides is 4. The number of ether oxygens (including phenoxy) is 1. The lowest BCUT2D eigenvalue weighted by Gasteiger charge is -2.34. The van der Waals surface area contributed by atoms with Crippen molar-refractivity contribution in [2.45, 2.75) is 75.2 Å². The Balaban J connectivity index is 0.000000137. The SMILES string of the molecule is CCN1C(=O)c2nc(C)sc2N(CC)c2nc(Nc3ccc(N4CCN(C)CC4)cn3)ncc21.CCN1C(=O)c2nc(C)sc2N(CC)c2nc(Nc3ccc4c(c3)CCC(=O)N4)ncc21.CCN1C(=O)c2nc(C)sc2N(CC)c2nc(Nc3ncc(N4CCN(C)CC4)cc3OC)ncc21. The molecular formula is C69H83N25O5S3. The van der Waals surface area contributed by atoms with Crippen molar-refractivity contribution in [2.75, 3.05) is 173 Å². The highest BCUT2D eigenvalue weighted by molar-refractivity contribution is 7.17. The molecule has 9 aromatic rings. The van der Waals surface area contributed by atoms with Gasteiger partial charge in [0, 0.05) is 115 Å². The van der Waals surface area contributed by atoms with Crippen molar-refractivity contribution >= 4 is 159 Å². The molecule has 33 heteroatoms. The van der Waals surface area contributed by atoms with E-state index in [4.69, 9.17) is 19.7 Å². The summed E-state index contributed by atoms with van der Waals surface area (Å²) < 4.78 is 5.66. The topological polar surface area (TPSA) is 300 Å². The maximum Gasteiger partial charge on any atom is 0.280 e. The van der Waals surface area contributed by atoms with Crippen LogP contribution in [0.4, 0.5) is 102 Å². The third-order valence-corrected chi connectivity index (χ3v) is 21.3. The van der Waals surface area contributed by atoms with Crippen LogP contribution in [-0.2, 0) is 11.2 Å². The van der Waals surface area contributed by atoms with Gasteiger partial charge in [-0.25, -0.2) is 39.9 Å². The van der Waals surface area contributed by atoms with Crippen LogP contribution in [0, 0.1) is 20.8 Å². The van der Waals surface area contributed by atoms with Gasteiger partial charge in [0.15, 0.2) is 46.1 Å². The normalized spacial score (nSPS) is 15.8. The van der Waals surface area contributed by atoms with Crippen molar-refractivity contribution < 1.29 is 23.9 Å². The van der Waals surface area contributed by atoms with E-state index in [1.807, 2.05) is 120 Å². The minimum absolute atomic E-state index is 0.0413. The van der Waals surface area contributed by atoms with Gasteiger partial charge in [0.05, 0.1) is 64.5 Å². The van der Waals surface area contributed by atoms with Crippen molar-refractivity contribution in [1.29, 1.82) is 0 Å². The van der Waals surface area contributed by atoms with Gasteiger partial charge >= 0.3 is 0 Å². The van der Waals surface area contributed by atoms with Gasteiger partial charge in [-0.15, -0.1) is 34.0 Å². The van der Waals surface area contributed by atoms with E-state index >= 15 is 0 Å². The molecule has 0 radical (unpaired) electrons. The molecule has 15 rings (SSSR count). The van der Waals surface area contributed by atoms with E-state index in [-0.39, 0.29) is 23.6 Å². The van der Waals surface area contributed by atoms with Crippen LogP contribution >= 0.6 is 34.0 Å². The van der Waals surface area contributed by atoms with E-state index in [2.05, 4.69) is 101 Å². The molecule has 0 aliphatic carbocycles. The van der Waals surface area contributed by atoms with Crippen LogP contribution in [-0.4, -0.2) is 201 Å². The van der Waals surface area contributed by atoms with E-state index in [1.165, 1.54) is 34.0 Å². The van der Waals surface area contributed by atoms with Gasteiger partial charge in [-0.1, -0.05) is 0 Å². The zero-order chi connectivity index (χ0) is 71.6. The molecule has 532 valence electrons. The number of thiazole rings is 3. The molecule has 6 aliphatic heterocycles. The summed E-state index contributed by atoms with van der Waals surface area (Å²) in [5, 5.41) is 17.6. The number of benzene rings is 1. The summed E-state index contributed by atoms with van der Waals surface area (Å²) >= 11 is 4.49. The number of anilines is 18. The number of nitrogens with one attached hydrogen (secondary N) is 4. The first-order chi connectivity index (χ1) is 49.4. The lowest BCUT2D eigenvalue weighted by molar-refractivity contribution is -0.116. The second-order valence-corrected chi connectivity index (χ2v) is 28.3. The third kappa shape index (κ3) is 14.1. The van der Waals surface area contributed by atoms with Gasteiger partial charge in [0.2, 0.25) is 23.8 Å². The van der Waals surface area contributed by atoms with Gasteiger partial charge in [0.1, 0.15) is 37.9 Å². The fourth-order valence-corrected chi connectivity index (χ4v) is 15.8. The summed E-state index contributed by atoms with van der Waals surface area (Å²) in [4.78, 5) is 122. The molecular weight excluding hydrogens is 1360 g/mol. The van der Waals surface area contributed by atoms with Gasteiger partial charge in [0.25, 0.3) is 17.7 Å². The number of nitrogens with zero attached hydrogens (tertiary/aromatic N) is 21. The minimum Gasteiger partial charge on any atom is -0.493 e. The van der Waals surface area contributed by atoms with Crippen molar-refractivity contribution in [2.24, 2.45) is 0 Å². The number of aryl methyl sites for hydroxylation is 4. The Labute approximate surface area is 603 Å². The van der Waals surface area contributed by atoms with Crippen LogP contribution in [0.15, 0.2) is 67.4 Å². The number of piperazine rings is 2. The molecule has 2 saturated heterocycles. The molecule has 30 nitrogen and oxygen atoms in total. The van der Waals surface area contributed by atoms with E-state index in [0.29, 0.717) is 139 Å². The first-order valence-electron chi connectivity index (χ1n) is 34.3. The minimum atomic E-state index is -0.138. The van der Waals surface area contributed by atoms with Crippen LogP contribution in [0.25, 0.3) is 0 Å². The van der Waals surface area contributed by atoms with Crippen molar-refractivity contribution in [3.8, 4) is 5.75 Å². The third-order valence-electron chi connectivity index (χ3n) is 18.3. The number of pyridine rings is 2. The predicted molar refractivity (Wildman–Crippen MR) is 404 cm³/mol. The standard InChI is InChI=1S/C24H31N9O2S.C23H29N9OS.C22H23N7O2S/c1-6-32-17-14-26-24(29-21(17)33(7-2)23-19(22(32)34)27-15(3)36-23)28-20-18(35-5)12-16(13-25-20)31-10-8-30(4)9-11-31;1-5-31-17-14-25-23(27-18-8-7-16(13-24-18)30-11-9-29(4)10-12-30)28-20(17)32(6-2)22-19(21(31)33)26-15(3)34-22;1-4-28-16-11-23-22(25-14-7-8-15-13(10-14)6-9-17(30)26-15)27-19(16)29(5-2)21-18(20(28)31)24-12(3)32-21/h12-14H,6-11H2,1-5H3,(H,25,26,28,29);7-8,13-14H,5-6,9-12H2,1-4H3,(H,24,25,27,28);7-8,10-11H,4-6,9H2,1-3H3,(H,26,30)(H,23,25,27). The molecule has 8 aromatic heterocycles. The smallest absolute Gasteiger partial charge is 0.280 e. The first-order valence-corrected chi connectivity index (χ1v) is 36.8. The summed E-state index contributed by atoms with van der Waals surface area (Å²) in [6.07, 6.45) is 10.00. The Morgan fingerprint density at radius 1 is 0.461 bits per heavy atom. The number of carbonyl (C=O) groups is 4. The lowest BCUT2D eigenvalue weighted by atomic mass is 10.0. The fraction of sp³-hybridized carbons (Fsp3) is 0.406. The number of aromatic nitrogens is 11. The number of hydrogen-bond donors (Lipinski definition) is 4. The molecule has 14 heterocycles. The quantitative estimate of drug-likeness (QED) is 0.0741. The molecule has 2 fully saturated rings. The zero-order valence-corrected chi connectivity index (χ0v) is 61.8. The van der Waals surface area contributed by atoms with E-state index in [9.17, 15) is 19.2 Å². The molecule has 0 saturated carbocycles. The van der Waals surface area contributed by atoms with Crippen LogP contribution in [0.3, 0.4) is 0 Å². The molecule has 1 aromatic carbocycles. The highest BCUT2D eigenvalue weighted by Gasteiger charge is 2.38. The van der Waals surface area contributed by atoms with Gasteiger partial charge in [-0.05, 0) is 119 Å². The molecule has 4 amide bonds. The molecule has 0 spiro atoms. The number of hydrogen-bond acceptors (Lipinski definition) is 29. The maximum absolute atomic E-state index is 13.3. The maximum atomic E-state index is 13.3. The Kier molecular flexibility index (Phi) is 20.7. The van der Waals surface area contributed by atoms with E-state index in [1.54, 1.807) is 40.4 Å². The highest BCUT2D eigenvalue weighted by atomic mass is 32.1. The average molecular weight is 1440 g/mol. The van der Waals surface area contributed by atoms with Crippen LogP contribution in [0.2, 0.25) is 0 Å². The molecule has 102 heavy (non-hydrogen) atoms.